The molecule has 2 aromatic carbocycles. The van der Waals surface area contributed by atoms with Gasteiger partial charge in [-0.15, -0.1) is 0 Å². The third kappa shape index (κ3) is 3.24. The van der Waals surface area contributed by atoms with Crippen molar-refractivity contribution in [1.29, 1.82) is 5.26 Å². The van der Waals surface area contributed by atoms with Gasteiger partial charge in [0.05, 0.1) is 22.1 Å². The predicted molar refractivity (Wildman–Crippen MR) is 67.6 cm³/mol. The highest BCUT2D eigenvalue weighted by molar-refractivity contribution is 7.84. The zero-order valence-corrected chi connectivity index (χ0v) is 10.6. The van der Waals surface area contributed by atoms with E-state index in [-0.39, 0.29) is 11.3 Å². The minimum absolute atomic E-state index is 0.0754. The molecule has 1 unspecified atom stereocenters. The van der Waals surface area contributed by atoms with Gasteiger partial charge in [-0.3, -0.25) is 4.21 Å². The van der Waals surface area contributed by atoms with Crippen LogP contribution in [-0.2, 0) is 16.6 Å². The first-order valence-corrected chi connectivity index (χ1v) is 6.74. The first-order chi connectivity index (χ1) is 9.10. The van der Waals surface area contributed by atoms with Crippen LogP contribution in [0.2, 0.25) is 0 Å². The standard InChI is InChI=1S/C14H9F2NOS/c15-12-2-4-13(5-3-12)19(18)9-10-1-6-14(16)11(7-10)8-17/h1-7H,9H2. The molecular formula is C14H9F2NOS. The normalized spacial score (nSPS) is 11.8. The molecule has 1 atom stereocenters. The van der Waals surface area contributed by atoms with Gasteiger partial charge in [0.15, 0.2) is 0 Å². The summed E-state index contributed by atoms with van der Waals surface area (Å²) >= 11 is 0. The fourth-order valence-electron chi connectivity index (χ4n) is 1.57. The van der Waals surface area contributed by atoms with Crippen molar-refractivity contribution < 1.29 is 13.0 Å². The Hall–Kier alpha value is -2.06. The summed E-state index contributed by atoms with van der Waals surface area (Å²) in [6, 6.07) is 11.1. The Morgan fingerprint density at radius 3 is 2.42 bits per heavy atom. The van der Waals surface area contributed by atoms with Crippen LogP contribution in [0.25, 0.3) is 0 Å². The molecule has 5 heteroatoms. The van der Waals surface area contributed by atoms with Crippen molar-refractivity contribution in [3.8, 4) is 6.07 Å². The van der Waals surface area contributed by atoms with Gasteiger partial charge in [0.2, 0.25) is 0 Å². The average molecular weight is 277 g/mol. The smallest absolute Gasteiger partial charge is 0.140 e. The van der Waals surface area contributed by atoms with Gasteiger partial charge < -0.3 is 0 Å². The zero-order valence-electron chi connectivity index (χ0n) is 9.77. The molecule has 2 aromatic rings. The minimum Gasteiger partial charge on any atom is -0.254 e. The van der Waals surface area contributed by atoms with Crippen molar-refractivity contribution in [2.24, 2.45) is 0 Å². The second kappa shape index (κ2) is 5.72. The van der Waals surface area contributed by atoms with Gasteiger partial charge >= 0.3 is 0 Å². The molecule has 2 nitrogen and oxygen atoms in total. The maximum atomic E-state index is 13.1. The van der Waals surface area contributed by atoms with Crippen molar-refractivity contribution in [1.82, 2.24) is 0 Å². The molecule has 0 spiro atoms. The number of hydrogen-bond donors (Lipinski definition) is 0. The predicted octanol–water partition coefficient (Wildman–Crippen LogP) is 3.14. The lowest BCUT2D eigenvalue weighted by Crippen LogP contribution is -1.98. The maximum absolute atomic E-state index is 13.1. The Morgan fingerprint density at radius 1 is 1.11 bits per heavy atom. The summed E-state index contributed by atoms with van der Waals surface area (Å²) < 4.78 is 37.9. The average Bonchev–Trinajstić information content (AvgIpc) is 2.41. The largest absolute Gasteiger partial charge is 0.254 e. The monoisotopic (exact) mass is 277 g/mol. The SMILES string of the molecule is N#Cc1cc(CS(=O)c2ccc(F)cc2)ccc1F. The van der Waals surface area contributed by atoms with Gasteiger partial charge in [-0.2, -0.15) is 5.26 Å². The van der Waals surface area contributed by atoms with E-state index in [1.807, 2.05) is 0 Å². The molecule has 0 radical (unpaired) electrons. The molecular weight excluding hydrogens is 268 g/mol. The fourth-order valence-corrected chi connectivity index (χ4v) is 2.66. The molecule has 0 N–H and O–H groups in total. The van der Waals surface area contributed by atoms with Crippen LogP contribution in [0.4, 0.5) is 8.78 Å². The molecule has 2 rings (SSSR count). The van der Waals surface area contributed by atoms with Gasteiger partial charge in [0.25, 0.3) is 0 Å². The number of nitriles is 1. The van der Waals surface area contributed by atoms with Gasteiger partial charge in [-0.25, -0.2) is 8.78 Å². The molecule has 0 heterocycles. The lowest BCUT2D eigenvalue weighted by Gasteiger charge is -2.03. The molecule has 0 aliphatic carbocycles. The minimum atomic E-state index is -1.36. The summed E-state index contributed by atoms with van der Waals surface area (Å²) in [6.45, 7) is 0. The van der Waals surface area contributed by atoms with E-state index in [4.69, 9.17) is 5.26 Å². The molecule has 0 bridgehead atoms. The maximum Gasteiger partial charge on any atom is 0.140 e. The van der Waals surface area contributed by atoms with Crippen LogP contribution < -0.4 is 0 Å². The van der Waals surface area contributed by atoms with Crippen LogP contribution in [0.5, 0.6) is 0 Å². The Labute approximate surface area is 111 Å². The van der Waals surface area contributed by atoms with E-state index in [0.29, 0.717) is 10.5 Å². The van der Waals surface area contributed by atoms with Gasteiger partial charge in [0, 0.05) is 4.90 Å². The number of rotatable bonds is 3. The highest BCUT2D eigenvalue weighted by atomic mass is 32.2. The van der Waals surface area contributed by atoms with Crippen LogP contribution in [-0.4, -0.2) is 4.21 Å². The third-order valence-corrected chi connectivity index (χ3v) is 3.92. The van der Waals surface area contributed by atoms with E-state index in [1.54, 1.807) is 6.07 Å². The molecule has 19 heavy (non-hydrogen) atoms. The van der Waals surface area contributed by atoms with Crippen LogP contribution in [0.15, 0.2) is 47.4 Å². The van der Waals surface area contributed by atoms with E-state index in [2.05, 4.69) is 0 Å². The molecule has 0 fully saturated rings. The highest BCUT2D eigenvalue weighted by Gasteiger charge is 2.08. The van der Waals surface area contributed by atoms with E-state index >= 15 is 0 Å². The lowest BCUT2D eigenvalue weighted by molar-refractivity contribution is 0.623. The first kappa shape index (κ1) is 13.4. The van der Waals surface area contributed by atoms with Crippen molar-refractivity contribution in [2.45, 2.75) is 10.6 Å². The molecule has 0 saturated heterocycles. The van der Waals surface area contributed by atoms with E-state index < -0.39 is 22.4 Å². The van der Waals surface area contributed by atoms with E-state index in [1.165, 1.54) is 42.5 Å². The topological polar surface area (TPSA) is 40.9 Å². The Bertz CT molecular complexity index is 662. The molecule has 0 saturated carbocycles. The Kier molecular flexibility index (Phi) is 4.03. The van der Waals surface area contributed by atoms with Gasteiger partial charge in [-0.1, -0.05) is 6.07 Å². The first-order valence-electron chi connectivity index (χ1n) is 5.42. The number of benzene rings is 2. The van der Waals surface area contributed by atoms with Gasteiger partial charge in [-0.05, 0) is 42.0 Å². The number of hydrogen-bond acceptors (Lipinski definition) is 2. The molecule has 0 amide bonds. The zero-order chi connectivity index (χ0) is 13.8. The summed E-state index contributed by atoms with van der Waals surface area (Å²) in [6.07, 6.45) is 0. The van der Waals surface area contributed by atoms with Crippen LogP contribution in [0.1, 0.15) is 11.1 Å². The van der Waals surface area contributed by atoms with Crippen molar-refractivity contribution in [3.63, 3.8) is 0 Å². The molecule has 0 aliphatic heterocycles. The Morgan fingerprint density at radius 2 is 1.79 bits per heavy atom. The quantitative estimate of drug-likeness (QED) is 0.864. The van der Waals surface area contributed by atoms with E-state index in [9.17, 15) is 13.0 Å². The van der Waals surface area contributed by atoms with Crippen molar-refractivity contribution in [2.75, 3.05) is 0 Å². The summed E-state index contributed by atoms with van der Waals surface area (Å²) in [7, 11) is -1.36. The van der Waals surface area contributed by atoms with Crippen molar-refractivity contribution >= 4 is 10.8 Å². The van der Waals surface area contributed by atoms with Crippen molar-refractivity contribution in [3.05, 3.63) is 65.2 Å². The summed E-state index contributed by atoms with van der Waals surface area (Å²) in [4.78, 5) is 0.490. The number of nitrogens with zero attached hydrogens (tertiary/aromatic N) is 1. The highest BCUT2D eigenvalue weighted by Crippen LogP contribution is 2.15. The lowest BCUT2D eigenvalue weighted by atomic mass is 10.1. The van der Waals surface area contributed by atoms with Crippen LogP contribution >= 0.6 is 0 Å². The molecule has 96 valence electrons. The fraction of sp³-hybridized carbons (Fsp3) is 0.0714. The summed E-state index contributed by atoms with van der Waals surface area (Å²) in [5.74, 6) is -0.839. The van der Waals surface area contributed by atoms with Crippen LogP contribution in [0, 0.1) is 23.0 Å². The molecule has 0 aromatic heterocycles. The third-order valence-electron chi connectivity index (χ3n) is 2.53. The second-order valence-corrected chi connectivity index (χ2v) is 5.32. The molecule has 0 aliphatic rings. The number of halogens is 2. The Balaban J connectivity index is 2.20. The van der Waals surface area contributed by atoms with Crippen LogP contribution in [0.3, 0.4) is 0 Å². The summed E-state index contributed by atoms with van der Waals surface area (Å²) in [5, 5.41) is 8.72. The second-order valence-electron chi connectivity index (χ2n) is 3.87. The van der Waals surface area contributed by atoms with Gasteiger partial charge in [0.1, 0.15) is 17.7 Å². The summed E-state index contributed by atoms with van der Waals surface area (Å²) in [5.41, 5.74) is 0.522. The van der Waals surface area contributed by atoms with E-state index in [0.717, 1.165) is 0 Å².